The average molecular weight is 245 g/mol. The van der Waals surface area contributed by atoms with Crippen LogP contribution < -0.4 is 5.32 Å². The summed E-state index contributed by atoms with van der Waals surface area (Å²) in [4.78, 5) is 0. The number of nitrogens with one attached hydrogen (secondary N) is 1. The lowest BCUT2D eigenvalue weighted by Crippen LogP contribution is -2.42. The Morgan fingerprint density at radius 3 is 2.38 bits per heavy atom. The van der Waals surface area contributed by atoms with Gasteiger partial charge in [0, 0.05) is 6.04 Å². The molecule has 1 saturated heterocycles. The van der Waals surface area contributed by atoms with Crippen molar-refractivity contribution in [1.82, 2.24) is 5.32 Å². The first kappa shape index (κ1) is 12.4. The molecule has 1 saturated carbocycles. The van der Waals surface area contributed by atoms with Gasteiger partial charge in [-0.2, -0.15) is 0 Å². The maximum Gasteiger partial charge on any atom is 0.150 e. The Bertz CT molecular complexity index is 320. The minimum absolute atomic E-state index is 0.369. The topological polar surface area (TPSA) is 46.2 Å². The van der Waals surface area contributed by atoms with Crippen molar-refractivity contribution in [3.05, 3.63) is 0 Å². The summed E-state index contributed by atoms with van der Waals surface area (Å²) in [7, 11) is -2.73. The summed E-state index contributed by atoms with van der Waals surface area (Å²) >= 11 is 0. The zero-order valence-corrected chi connectivity index (χ0v) is 10.9. The monoisotopic (exact) mass is 245 g/mol. The van der Waals surface area contributed by atoms with E-state index in [1.807, 2.05) is 0 Å². The van der Waals surface area contributed by atoms with Crippen LogP contribution in [0.3, 0.4) is 0 Å². The van der Waals surface area contributed by atoms with Crippen LogP contribution in [0.25, 0.3) is 0 Å². The summed E-state index contributed by atoms with van der Waals surface area (Å²) in [6.45, 7) is 3.07. The SMILES string of the molecule is CCNC(C1CCCC1)C1CCS(=O)(=O)C1. The van der Waals surface area contributed by atoms with Gasteiger partial charge in [-0.15, -0.1) is 0 Å². The van der Waals surface area contributed by atoms with Crippen molar-refractivity contribution >= 4 is 9.84 Å². The molecule has 1 heterocycles. The fourth-order valence-corrected chi connectivity index (χ4v) is 5.23. The molecule has 2 atom stereocenters. The molecular formula is C12H23NO2S. The van der Waals surface area contributed by atoms with E-state index in [2.05, 4.69) is 12.2 Å². The molecule has 16 heavy (non-hydrogen) atoms. The van der Waals surface area contributed by atoms with Crippen molar-refractivity contribution in [2.24, 2.45) is 11.8 Å². The smallest absolute Gasteiger partial charge is 0.150 e. The van der Waals surface area contributed by atoms with Crippen LogP contribution in [0.2, 0.25) is 0 Å². The Balaban J connectivity index is 2.01. The van der Waals surface area contributed by atoms with E-state index >= 15 is 0 Å². The zero-order chi connectivity index (χ0) is 11.6. The van der Waals surface area contributed by atoms with E-state index in [9.17, 15) is 8.42 Å². The largest absolute Gasteiger partial charge is 0.314 e. The molecule has 1 N–H and O–H groups in total. The lowest BCUT2D eigenvalue weighted by atomic mass is 9.86. The van der Waals surface area contributed by atoms with Gasteiger partial charge in [-0.1, -0.05) is 19.8 Å². The fraction of sp³-hybridized carbons (Fsp3) is 1.00. The Labute approximate surface area is 98.9 Å². The van der Waals surface area contributed by atoms with Crippen molar-refractivity contribution in [3.8, 4) is 0 Å². The van der Waals surface area contributed by atoms with Crippen LogP contribution in [-0.2, 0) is 9.84 Å². The molecule has 3 nitrogen and oxygen atoms in total. The van der Waals surface area contributed by atoms with Crippen molar-refractivity contribution < 1.29 is 8.42 Å². The lowest BCUT2D eigenvalue weighted by Gasteiger charge is -2.29. The molecule has 2 aliphatic rings. The molecule has 4 heteroatoms. The molecule has 2 rings (SSSR count). The maximum absolute atomic E-state index is 11.5. The van der Waals surface area contributed by atoms with E-state index in [1.54, 1.807) is 0 Å². The van der Waals surface area contributed by atoms with Gasteiger partial charge in [0.05, 0.1) is 11.5 Å². The van der Waals surface area contributed by atoms with Crippen LogP contribution >= 0.6 is 0 Å². The second-order valence-electron chi connectivity index (χ2n) is 5.29. The molecule has 94 valence electrons. The van der Waals surface area contributed by atoms with Gasteiger partial charge in [0.2, 0.25) is 0 Å². The predicted molar refractivity (Wildman–Crippen MR) is 66.2 cm³/mol. The molecule has 2 unspecified atom stereocenters. The Morgan fingerprint density at radius 1 is 1.19 bits per heavy atom. The van der Waals surface area contributed by atoms with Crippen LogP contribution in [-0.4, -0.2) is 32.5 Å². The molecule has 0 aromatic heterocycles. The van der Waals surface area contributed by atoms with Crippen LogP contribution in [0.1, 0.15) is 39.0 Å². The predicted octanol–water partition coefficient (Wildman–Crippen LogP) is 1.59. The van der Waals surface area contributed by atoms with Gasteiger partial charge in [-0.05, 0) is 37.6 Å². The van der Waals surface area contributed by atoms with Crippen LogP contribution in [0.5, 0.6) is 0 Å². The molecule has 0 amide bonds. The minimum atomic E-state index is -2.73. The third kappa shape index (κ3) is 2.77. The Morgan fingerprint density at radius 2 is 1.88 bits per heavy atom. The quantitative estimate of drug-likeness (QED) is 0.818. The molecule has 0 aromatic carbocycles. The van der Waals surface area contributed by atoms with Crippen LogP contribution in [0.15, 0.2) is 0 Å². The van der Waals surface area contributed by atoms with E-state index in [1.165, 1.54) is 25.7 Å². The van der Waals surface area contributed by atoms with Gasteiger partial charge in [0.1, 0.15) is 0 Å². The molecule has 2 fully saturated rings. The number of hydrogen-bond acceptors (Lipinski definition) is 3. The van der Waals surface area contributed by atoms with Crippen LogP contribution in [0.4, 0.5) is 0 Å². The molecule has 0 bridgehead atoms. The summed E-state index contributed by atoms with van der Waals surface area (Å²) in [6.07, 6.45) is 6.09. The summed E-state index contributed by atoms with van der Waals surface area (Å²) < 4.78 is 23.1. The van der Waals surface area contributed by atoms with Gasteiger partial charge >= 0.3 is 0 Å². The second-order valence-corrected chi connectivity index (χ2v) is 7.52. The first-order chi connectivity index (χ1) is 7.62. The van der Waals surface area contributed by atoms with E-state index in [4.69, 9.17) is 0 Å². The van der Waals surface area contributed by atoms with E-state index < -0.39 is 9.84 Å². The highest BCUT2D eigenvalue weighted by atomic mass is 32.2. The van der Waals surface area contributed by atoms with Gasteiger partial charge in [-0.25, -0.2) is 8.42 Å². The minimum Gasteiger partial charge on any atom is -0.314 e. The van der Waals surface area contributed by atoms with Gasteiger partial charge in [0.15, 0.2) is 9.84 Å². The zero-order valence-electron chi connectivity index (χ0n) is 10.1. The molecule has 0 aromatic rings. The third-order valence-corrected chi connectivity index (χ3v) is 5.92. The first-order valence-corrected chi connectivity index (χ1v) is 8.38. The Kier molecular flexibility index (Phi) is 3.90. The van der Waals surface area contributed by atoms with E-state index in [0.29, 0.717) is 23.5 Å². The van der Waals surface area contributed by atoms with Crippen molar-refractivity contribution in [3.63, 3.8) is 0 Å². The number of hydrogen-bond donors (Lipinski definition) is 1. The third-order valence-electron chi connectivity index (χ3n) is 4.12. The average Bonchev–Trinajstić information content (AvgIpc) is 2.83. The van der Waals surface area contributed by atoms with E-state index in [-0.39, 0.29) is 0 Å². The van der Waals surface area contributed by atoms with Gasteiger partial charge < -0.3 is 5.32 Å². The first-order valence-electron chi connectivity index (χ1n) is 6.56. The van der Waals surface area contributed by atoms with Crippen molar-refractivity contribution in [2.45, 2.75) is 45.1 Å². The molecule has 1 aliphatic carbocycles. The number of rotatable bonds is 4. The van der Waals surface area contributed by atoms with Gasteiger partial charge in [-0.3, -0.25) is 0 Å². The lowest BCUT2D eigenvalue weighted by molar-refractivity contribution is 0.280. The summed E-state index contributed by atoms with van der Waals surface area (Å²) in [5.74, 6) is 1.92. The van der Waals surface area contributed by atoms with Gasteiger partial charge in [0.25, 0.3) is 0 Å². The Hall–Kier alpha value is -0.0900. The van der Waals surface area contributed by atoms with E-state index in [0.717, 1.165) is 18.9 Å². The molecule has 1 aliphatic heterocycles. The molecular weight excluding hydrogens is 222 g/mol. The summed E-state index contributed by atoms with van der Waals surface area (Å²) in [5, 5.41) is 3.54. The highest BCUT2D eigenvalue weighted by Gasteiger charge is 2.37. The van der Waals surface area contributed by atoms with Crippen molar-refractivity contribution in [1.29, 1.82) is 0 Å². The summed E-state index contributed by atoms with van der Waals surface area (Å²) in [5.41, 5.74) is 0. The second kappa shape index (κ2) is 5.05. The van der Waals surface area contributed by atoms with Crippen molar-refractivity contribution in [2.75, 3.05) is 18.1 Å². The number of sulfone groups is 1. The standard InChI is InChI=1S/C12H23NO2S/c1-2-13-12(10-5-3-4-6-10)11-7-8-16(14,15)9-11/h10-13H,2-9H2,1H3. The molecule has 0 spiro atoms. The highest BCUT2D eigenvalue weighted by molar-refractivity contribution is 7.91. The van der Waals surface area contributed by atoms with Crippen LogP contribution in [0, 0.1) is 11.8 Å². The normalized spacial score (nSPS) is 31.9. The fourth-order valence-electron chi connectivity index (χ4n) is 3.38. The summed E-state index contributed by atoms with van der Waals surface area (Å²) in [6, 6.07) is 0.449. The molecule has 0 radical (unpaired) electrons. The maximum atomic E-state index is 11.5. The highest BCUT2D eigenvalue weighted by Crippen LogP contribution is 2.34.